The smallest absolute Gasteiger partial charge is 0.343 e. The molecule has 0 saturated heterocycles. The molecule has 2 aromatic carbocycles. The van der Waals surface area contributed by atoms with E-state index in [0.29, 0.717) is 28.1 Å². The van der Waals surface area contributed by atoms with Crippen molar-refractivity contribution >= 4 is 27.9 Å². The van der Waals surface area contributed by atoms with E-state index in [1.54, 1.807) is 18.2 Å². The Morgan fingerprint density at radius 2 is 1.22 bits per heavy atom. The number of aromatic carboxylic acids is 1. The van der Waals surface area contributed by atoms with Gasteiger partial charge in [0, 0.05) is 0 Å². The van der Waals surface area contributed by atoms with E-state index in [0.717, 1.165) is 6.42 Å². The molecule has 36 heavy (non-hydrogen) atoms. The summed E-state index contributed by atoms with van der Waals surface area (Å²) in [6.45, 7) is 2.92. The number of rotatable bonds is 19. The van der Waals surface area contributed by atoms with Gasteiger partial charge in [-0.25, -0.2) is 9.59 Å². The molecule has 0 unspecified atom stereocenters. The highest BCUT2D eigenvalue weighted by Crippen LogP contribution is 2.27. The molecule has 5 nitrogen and oxygen atoms in total. The Morgan fingerprint density at radius 3 is 1.72 bits per heavy atom. The van der Waals surface area contributed by atoms with Crippen LogP contribution >= 0.6 is 15.9 Å². The number of carbonyl (C=O) groups excluding carboxylic acids is 1. The minimum absolute atomic E-state index is 0.137. The predicted molar refractivity (Wildman–Crippen MR) is 148 cm³/mol. The van der Waals surface area contributed by atoms with E-state index < -0.39 is 11.9 Å². The molecule has 0 aliphatic carbocycles. The summed E-state index contributed by atoms with van der Waals surface area (Å²) < 4.78 is 11.9. The third-order valence-electron chi connectivity index (χ3n) is 6.23. The average Bonchev–Trinajstić information content (AvgIpc) is 2.87. The van der Waals surface area contributed by atoms with Crippen LogP contribution in [0.3, 0.4) is 0 Å². The minimum Gasteiger partial charge on any atom is -0.492 e. The Balaban J connectivity index is 1.55. The highest BCUT2D eigenvalue weighted by molar-refractivity contribution is 9.10. The lowest BCUT2D eigenvalue weighted by Gasteiger charge is -2.10. The zero-order chi connectivity index (χ0) is 26.0. The molecule has 0 aliphatic rings. The van der Waals surface area contributed by atoms with E-state index in [1.165, 1.54) is 108 Å². The highest BCUT2D eigenvalue weighted by Gasteiger charge is 2.12. The quantitative estimate of drug-likeness (QED) is 0.105. The van der Waals surface area contributed by atoms with Crippen LogP contribution in [0.25, 0.3) is 0 Å². The molecule has 2 rings (SSSR count). The van der Waals surface area contributed by atoms with E-state index in [2.05, 4.69) is 22.9 Å². The summed E-state index contributed by atoms with van der Waals surface area (Å²) in [6, 6.07) is 10.8. The minimum atomic E-state index is -1.03. The molecular weight excluding hydrogens is 520 g/mol. The lowest BCUT2D eigenvalue weighted by atomic mass is 10.0. The van der Waals surface area contributed by atoms with E-state index in [1.807, 2.05) is 0 Å². The zero-order valence-corrected chi connectivity index (χ0v) is 23.2. The van der Waals surface area contributed by atoms with Gasteiger partial charge < -0.3 is 14.6 Å². The van der Waals surface area contributed by atoms with Crippen molar-refractivity contribution in [2.24, 2.45) is 0 Å². The number of carbonyl (C=O) groups is 2. The maximum absolute atomic E-state index is 12.4. The standard InChI is InChI=1S/C30H41BrO5/c1-2-3-4-5-6-7-8-9-10-11-12-13-14-15-22-35-28-21-18-25(23-27(28)31)30(34)36-26-19-16-24(17-20-26)29(32)33/h16-21,23H,2-15,22H2,1H3,(H,32,33). The van der Waals surface area contributed by atoms with Crippen molar-refractivity contribution < 1.29 is 24.2 Å². The largest absolute Gasteiger partial charge is 0.492 e. The van der Waals surface area contributed by atoms with Crippen molar-refractivity contribution in [3.8, 4) is 11.5 Å². The van der Waals surface area contributed by atoms with Crippen molar-refractivity contribution in [2.45, 2.75) is 96.8 Å². The summed E-state index contributed by atoms with van der Waals surface area (Å²) in [4.78, 5) is 23.3. The normalized spacial score (nSPS) is 10.8. The van der Waals surface area contributed by atoms with Crippen molar-refractivity contribution in [3.63, 3.8) is 0 Å². The fraction of sp³-hybridized carbons (Fsp3) is 0.533. The molecule has 0 aliphatic heterocycles. The van der Waals surface area contributed by atoms with Gasteiger partial charge in [-0.3, -0.25) is 0 Å². The first-order valence-corrected chi connectivity index (χ1v) is 14.3. The number of carboxylic acid groups (broad SMARTS) is 1. The number of carboxylic acids is 1. The molecule has 0 spiro atoms. The van der Waals surface area contributed by atoms with Crippen LogP contribution in [0.2, 0.25) is 0 Å². The van der Waals surface area contributed by atoms with Gasteiger partial charge in [0.15, 0.2) is 0 Å². The topological polar surface area (TPSA) is 72.8 Å². The molecule has 0 radical (unpaired) electrons. The van der Waals surface area contributed by atoms with Gasteiger partial charge in [0.25, 0.3) is 0 Å². The monoisotopic (exact) mass is 560 g/mol. The Morgan fingerprint density at radius 1 is 0.722 bits per heavy atom. The van der Waals surface area contributed by atoms with Crippen molar-refractivity contribution in [1.29, 1.82) is 0 Å². The second-order valence-electron chi connectivity index (χ2n) is 9.31. The van der Waals surface area contributed by atoms with Crippen LogP contribution in [0.15, 0.2) is 46.9 Å². The third kappa shape index (κ3) is 12.1. The molecule has 198 valence electrons. The average molecular weight is 562 g/mol. The molecule has 0 atom stereocenters. The maximum Gasteiger partial charge on any atom is 0.343 e. The number of benzene rings is 2. The van der Waals surface area contributed by atoms with Gasteiger partial charge in [-0.05, 0) is 64.8 Å². The van der Waals surface area contributed by atoms with E-state index in [9.17, 15) is 9.59 Å². The van der Waals surface area contributed by atoms with Crippen LogP contribution in [0, 0.1) is 0 Å². The van der Waals surface area contributed by atoms with Gasteiger partial charge in [-0.1, -0.05) is 90.4 Å². The Bertz CT molecular complexity index is 910. The third-order valence-corrected chi connectivity index (χ3v) is 6.85. The molecule has 0 bridgehead atoms. The zero-order valence-electron chi connectivity index (χ0n) is 21.6. The molecule has 0 saturated carbocycles. The van der Waals surface area contributed by atoms with Gasteiger partial charge in [-0.15, -0.1) is 0 Å². The lowest BCUT2D eigenvalue weighted by Crippen LogP contribution is -2.09. The first-order valence-electron chi connectivity index (χ1n) is 13.5. The second-order valence-corrected chi connectivity index (χ2v) is 10.2. The highest BCUT2D eigenvalue weighted by atomic mass is 79.9. The molecule has 0 aromatic heterocycles. The number of hydrogen-bond donors (Lipinski definition) is 1. The SMILES string of the molecule is CCCCCCCCCCCCCCCCOc1ccc(C(=O)Oc2ccc(C(=O)O)cc2)cc1Br. The number of halogens is 1. The fourth-order valence-corrected chi connectivity index (χ4v) is 4.55. The van der Waals surface area contributed by atoms with Gasteiger partial charge in [0.1, 0.15) is 11.5 Å². The van der Waals surface area contributed by atoms with E-state index in [-0.39, 0.29) is 5.56 Å². The Labute approximate surface area is 224 Å². The summed E-state index contributed by atoms with van der Waals surface area (Å²) in [5, 5.41) is 8.95. The van der Waals surface area contributed by atoms with E-state index >= 15 is 0 Å². The second kappa shape index (κ2) is 18.0. The summed E-state index contributed by atoms with van der Waals surface area (Å²) in [6.07, 6.45) is 18.6. The van der Waals surface area contributed by atoms with Crippen LogP contribution in [0.5, 0.6) is 11.5 Å². The van der Waals surface area contributed by atoms with Gasteiger partial charge in [0.05, 0.1) is 22.2 Å². The summed E-state index contributed by atoms with van der Waals surface area (Å²) in [7, 11) is 0. The lowest BCUT2D eigenvalue weighted by molar-refractivity contribution is 0.0696. The number of unbranched alkanes of at least 4 members (excludes halogenated alkanes) is 13. The van der Waals surface area contributed by atoms with Gasteiger partial charge in [0.2, 0.25) is 0 Å². The van der Waals surface area contributed by atoms with Gasteiger partial charge in [-0.2, -0.15) is 0 Å². The molecule has 6 heteroatoms. The Hall–Kier alpha value is -2.34. The van der Waals surface area contributed by atoms with Crippen LogP contribution < -0.4 is 9.47 Å². The molecule has 0 fully saturated rings. The molecule has 0 amide bonds. The van der Waals surface area contributed by atoms with Crippen LogP contribution in [0.1, 0.15) is 118 Å². The van der Waals surface area contributed by atoms with Crippen LogP contribution in [-0.2, 0) is 0 Å². The van der Waals surface area contributed by atoms with Crippen LogP contribution in [-0.4, -0.2) is 23.7 Å². The van der Waals surface area contributed by atoms with Crippen molar-refractivity contribution in [3.05, 3.63) is 58.1 Å². The predicted octanol–water partition coefficient (Wildman–Crippen LogP) is 9.23. The molecule has 2 aromatic rings. The summed E-state index contributed by atoms with van der Waals surface area (Å²) in [5.41, 5.74) is 0.519. The van der Waals surface area contributed by atoms with Crippen molar-refractivity contribution in [1.82, 2.24) is 0 Å². The summed E-state index contributed by atoms with van der Waals surface area (Å²) in [5.74, 6) is -0.551. The fourth-order valence-electron chi connectivity index (χ4n) is 4.06. The van der Waals surface area contributed by atoms with Crippen molar-refractivity contribution in [2.75, 3.05) is 6.61 Å². The number of hydrogen-bond acceptors (Lipinski definition) is 4. The first kappa shape index (κ1) is 29.9. The molecule has 1 N–H and O–H groups in total. The number of ether oxygens (including phenoxy) is 2. The maximum atomic E-state index is 12.4. The van der Waals surface area contributed by atoms with E-state index in [4.69, 9.17) is 14.6 Å². The number of esters is 1. The van der Waals surface area contributed by atoms with Crippen LogP contribution in [0.4, 0.5) is 0 Å². The van der Waals surface area contributed by atoms with Gasteiger partial charge >= 0.3 is 11.9 Å². The summed E-state index contributed by atoms with van der Waals surface area (Å²) >= 11 is 3.47. The molecule has 0 heterocycles. The first-order chi connectivity index (χ1) is 17.5. The molecular formula is C30H41BrO5. The Kier molecular flexibility index (Phi) is 14.9.